The molecule has 1 saturated heterocycles. The van der Waals surface area contributed by atoms with E-state index in [1.807, 2.05) is 37.1 Å². The van der Waals surface area contributed by atoms with Gasteiger partial charge in [0.15, 0.2) is 11.5 Å². The summed E-state index contributed by atoms with van der Waals surface area (Å²) in [4.78, 5) is 14.2. The van der Waals surface area contributed by atoms with Gasteiger partial charge in [-0.2, -0.15) is 0 Å². The minimum absolute atomic E-state index is 0.0139. The molecule has 1 fully saturated rings. The van der Waals surface area contributed by atoms with Gasteiger partial charge in [0.2, 0.25) is 5.91 Å². The van der Waals surface area contributed by atoms with Crippen molar-refractivity contribution in [1.82, 2.24) is 10.2 Å². The predicted molar refractivity (Wildman–Crippen MR) is 85.0 cm³/mol. The average molecular weight is 310 g/mol. The third-order valence-corrected chi connectivity index (χ3v) is 4.94. The lowest BCUT2D eigenvalue weighted by atomic mass is 10.1. The molecule has 0 radical (unpaired) electrons. The molecule has 21 heavy (non-hydrogen) atoms. The lowest BCUT2D eigenvalue weighted by Crippen LogP contribution is -2.35. The Labute approximate surface area is 130 Å². The Morgan fingerprint density at radius 1 is 1.29 bits per heavy atom. The van der Waals surface area contributed by atoms with E-state index in [1.54, 1.807) is 26.0 Å². The Hall–Kier alpha value is -1.40. The molecule has 1 aromatic carbocycles. The number of hydrogen-bond acceptors (Lipinski definition) is 5. The highest BCUT2D eigenvalue weighted by molar-refractivity contribution is 8.01. The van der Waals surface area contributed by atoms with Gasteiger partial charge in [0.25, 0.3) is 0 Å². The van der Waals surface area contributed by atoms with E-state index in [9.17, 15) is 4.79 Å². The molecule has 116 valence electrons. The van der Waals surface area contributed by atoms with Gasteiger partial charge in [-0.3, -0.25) is 4.79 Å². The minimum atomic E-state index is -0.0139. The molecule has 2 atom stereocenters. The van der Waals surface area contributed by atoms with E-state index in [2.05, 4.69) is 5.32 Å². The fraction of sp³-hybridized carbons (Fsp3) is 0.533. The number of hydrogen-bond donors (Lipinski definition) is 1. The maximum atomic E-state index is 12.3. The van der Waals surface area contributed by atoms with E-state index in [4.69, 9.17) is 9.47 Å². The van der Waals surface area contributed by atoms with Gasteiger partial charge >= 0.3 is 0 Å². The molecule has 6 heteroatoms. The highest BCUT2D eigenvalue weighted by atomic mass is 32.2. The summed E-state index contributed by atoms with van der Waals surface area (Å²) < 4.78 is 10.6. The standard InChI is InChI=1S/C15H22N2O3S/c1-10-14(18)17(8-7-16-2)15(21-10)11-5-6-12(19-3)13(9-11)20-4/h5-6,9-10,15-16H,7-8H2,1-4H3/t10-,15-/m1/s1. The Morgan fingerprint density at radius 3 is 2.62 bits per heavy atom. The zero-order valence-corrected chi connectivity index (χ0v) is 13.7. The summed E-state index contributed by atoms with van der Waals surface area (Å²) in [5.41, 5.74) is 1.06. The maximum absolute atomic E-state index is 12.3. The molecule has 0 bridgehead atoms. The molecular formula is C15H22N2O3S. The number of ether oxygens (including phenoxy) is 2. The van der Waals surface area contributed by atoms with Crippen molar-refractivity contribution in [2.45, 2.75) is 17.5 Å². The van der Waals surface area contributed by atoms with Gasteiger partial charge in [-0.05, 0) is 31.7 Å². The second kappa shape index (κ2) is 7.04. The average Bonchev–Trinajstić information content (AvgIpc) is 2.79. The third kappa shape index (κ3) is 3.27. The quantitative estimate of drug-likeness (QED) is 0.869. The molecule has 1 aliphatic rings. The summed E-state index contributed by atoms with van der Waals surface area (Å²) in [6.07, 6.45) is 0. The zero-order chi connectivity index (χ0) is 15.4. The largest absolute Gasteiger partial charge is 0.493 e. The van der Waals surface area contributed by atoms with Crippen molar-refractivity contribution in [3.63, 3.8) is 0 Å². The van der Waals surface area contributed by atoms with Crippen LogP contribution in [0, 0.1) is 0 Å². The topological polar surface area (TPSA) is 50.8 Å². The molecule has 0 saturated carbocycles. The van der Waals surface area contributed by atoms with Crippen LogP contribution in [0.3, 0.4) is 0 Å². The highest BCUT2D eigenvalue weighted by Gasteiger charge is 2.38. The van der Waals surface area contributed by atoms with Gasteiger partial charge in [0.1, 0.15) is 5.37 Å². The summed E-state index contributed by atoms with van der Waals surface area (Å²) in [5.74, 6) is 1.58. The van der Waals surface area contributed by atoms with Crippen LogP contribution in [0.2, 0.25) is 0 Å². The first kappa shape index (κ1) is 16.0. The number of amides is 1. The van der Waals surface area contributed by atoms with Gasteiger partial charge in [0.05, 0.1) is 19.5 Å². The number of benzene rings is 1. The van der Waals surface area contributed by atoms with E-state index < -0.39 is 0 Å². The molecule has 1 heterocycles. The van der Waals surface area contributed by atoms with E-state index in [1.165, 1.54) is 0 Å². The van der Waals surface area contributed by atoms with E-state index >= 15 is 0 Å². The molecule has 0 spiro atoms. The van der Waals surface area contributed by atoms with Crippen LogP contribution in [0.25, 0.3) is 0 Å². The summed E-state index contributed by atoms with van der Waals surface area (Å²) >= 11 is 1.67. The fourth-order valence-electron chi connectivity index (χ4n) is 2.40. The van der Waals surface area contributed by atoms with Crippen LogP contribution < -0.4 is 14.8 Å². The summed E-state index contributed by atoms with van der Waals surface area (Å²) in [7, 11) is 5.13. The fourth-order valence-corrected chi connectivity index (χ4v) is 3.70. The normalized spacial score (nSPS) is 21.7. The molecule has 5 nitrogen and oxygen atoms in total. The molecule has 2 rings (SSSR count). The number of carbonyl (C=O) groups is 1. The van der Waals surface area contributed by atoms with Crippen molar-refractivity contribution in [2.75, 3.05) is 34.4 Å². The van der Waals surface area contributed by atoms with Crippen LogP contribution >= 0.6 is 11.8 Å². The summed E-state index contributed by atoms with van der Waals surface area (Å²) in [6.45, 7) is 3.44. The van der Waals surface area contributed by atoms with Gasteiger partial charge in [-0.1, -0.05) is 6.07 Å². The highest BCUT2D eigenvalue weighted by Crippen LogP contribution is 2.44. The Kier molecular flexibility index (Phi) is 5.36. The van der Waals surface area contributed by atoms with Gasteiger partial charge < -0.3 is 19.7 Å². The lowest BCUT2D eigenvalue weighted by molar-refractivity contribution is -0.129. The summed E-state index contributed by atoms with van der Waals surface area (Å²) in [6, 6.07) is 5.84. The Morgan fingerprint density at radius 2 is 2.00 bits per heavy atom. The van der Waals surface area contributed by atoms with Crippen molar-refractivity contribution >= 4 is 17.7 Å². The molecule has 0 aliphatic carbocycles. The Balaban J connectivity index is 2.28. The predicted octanol–water partition coefficient (Wildman–Crippen LogP) is 1.89. The Bertz CT molecular complexity index is 510. The first-order chi connectivity index (χ1) is 10.1. The van der Waals surface area contributed by atoms with Gasteiger partial charge in [0, 0.05) is 13.1 Å². The smallest absolute Gasteiger partial charge is 0.236 e. The van der Waals surface area contributed by atoms with E-state index in [0.29, 0.717) is 18.0 Å². The second-order valence-corrected chi connectivity index (χ2v) is 6.31. The van der Waals surface area contributed by atoms with Crippen LogP contribution in [0.5, 0.6) is 11.5 Å². The van der Waals surface area contributed by atoms with Crippen LogP contribution in [0.15, 0.2) is 18.2 Å². The SMILES string of the molecule is CNCCN1C(=O)[C@@H](C)S[C@@H]1c1ccc(OC)c(OC)c1. The first-order valence-corrected chi connectivity index (χ1v) is 7.89. The van der Waals surface area contributed by atoms with Crippen molar-refractivity contribution < 1.29 is 14.3 Å². The minimum Gasteiger partial charge on any atom is -0.493 e. The molecule has 0 aromatic heterocycles. The van der Waals surface area contributed by atoms with E-state index in [-0.39, 0.29) is 16.5 Å². The van der Waals surface area contributed by atoms with Crippen LogP contribution in [-0.2, 0) is 4.79 Å². The molecule has 0 unspecified atom stereocenters. The monoisotopic (exact) mass is 310 g/mol. The van der Waals surface area contributed by atoms with Gasteiger partial charge in [-0.25, -0.2) is 0 Å². The number of thioether (sulfide) groups is 1. The number of nitrogens with zero attached hydrogens (tertiary/aromatic N) is 1. The van der Waals surface area contributed by atoms with Crippen LogP contribution in [-0.4, -0.2) is 50.4 Å². The molecular weight excluding hydrogens is 288 g/mol. The summed E-state index contributed by atoms with van der Waals surface area (Å²) in [5, 5.41) is 3.11. The van der Waals surface area contributed by atoms with E-state index in [0.717, 1.165) is 12.1 Å². The first-order valence-electron chi connectivity index (χ1n) is 6.94. The van der Waals surface area contributed by atoms with Crippen molar-refractivity contribution in [3.8, 4) is 11.5 Å². The van der Waals surface area contributed by atoms with Crippen LogP contribution in [0.4, 0.5) is 0 Å². The lowest BCUT2D eigenvalue weighted by Gasteiger charge is -2.24. The maximum Gasteiger partial charge on any atom is 0.236 e. The number of methoxy groups -OCH3 is 2. The number of likely N-dealkylation sites (N-methyl/N-ethyl adjacent to an activating group) is 1. The zero-order valence-electron chi connectivity index (χ0n) is 12.9. The molecule has 1 N–H and O–H groups in total. The molecule has 1 aromatic rings. The number of rotatable bonds is 6. The third-order valence-electron chi connectivity index (χ3n) is 3.54. The molecule has 1 aliphatic heterocycles. The van der Waals surface area contributed by atoms with Gasteiger partial charge in [-0.15, -0.1) is 11.8 Å². The molecule has 1 amide bonds. The number of nitrogens with one attached hydrogen (secondary N) is 1. The van der Waals surface area contributed by atoms with Crippen molar-refractivity contribution in [2.24, 2.45) is 0 Å². The van der Waals surface area contributed by atoms with Crippen molar-refractivity contribution in [1.29, 1.82) is 0 Å². The van der Waals surface area contributed by atoms with Crippen LogP contribution in [0.1, 0.15) is 17.9 Å². The number of carbonyl (C=O) groups excluding carboxylic acids is 1. The second-order valence-electron chi connectivity index (χ2n) is 4.88. The van der Waals surface area contributed by atoms with Crippen molar-refractivity contribution in [3.05, 3.63) is 23.8 Å².